The Kier molecular flexibility index (Phi) is 3.48. The summed E-state index contributed by atoms with van der Waals surface area (Å²) in [4.78, 5) is 11.1. The van der Waals surface area contributed by atoms with Crippen LogP contribution in [0.1, 0.15) is 19.3 Å². The van der Waals surface area contributed by atoms with Crippen LogP contribution in [0, 0.1) is 0 Å². The number of carbonyl (C=O) groups is 1. The van der Waals surface area contributed by atoms with Crippen molar-refractivity contribution in [3.05, 3.63) is 34.9 Å². The predicted molar refractivity (Wildman–Crippen MR) is 54.1 cm³/mol. The molecule has 0 heterocycles. The maximum atomic E-state index is 11.1. The van der Waals surface area contributed by atoms with Crippen molar-refractivity contribution in [2.24, 2.45) is 0 Å². The maximum absolute atomic E-state index is 11.1. The minimum Gasteiger partial charge on any atom is -0.295 e. The van der Waals surface area contributed by atoms with E-state index < -0.39 is 0 Å². The van der Waals surface area contributed by atoms with E-state index in [-0.39, 0.29) is 0 Å². The first-order valence-electron chi connectivity index (χ1n) is 3.95. The van der Waals surface area contributed by atoms with E-state index in [0.29, 0.717) is 5.78 Å². The summed E-state index contributed by atoms with van der Waals surface area (Å²) >= 11 is 3.20. The summed E-state index contributed by atoms with van der Waals surface area (Å²) in [7, 11) is 0. The second-order valence-corrected chi connectivity index (χ2v) is 3.79. The molecule has 0 aromatic heterocycles. The summed E-state index contributed by atoms with van der Waals surface area (Å²) in [6.07, 6.45) is 8.22. The van der Waals surface area contributed by atoms with Gasteiger partial charge in [-0.3, -0.25) is 4.79 Å². The molecule has 0 bridgehead atoms. The molecule has 1 saturated carbocycles. The van der Waals surface area contributed by atoms with Crippen LogP contribution < -0.4 is 0 Å². The van der Waals surface area contributed by atoms with E-state index in [2.05, 4.69) is 22.5 Å². The van der Waals surface area contributed by atoms with Crippen molar-refractivity contribution in [3.63, 3.8) is 0 Å². The van der Waals surface area contributed by atoms with Crippen molar-refractivity contribution in [1.82, 2.24) is 0 Å². The quantitative estimate of drug-likeness (QED) is 0.523. The summed E-state index contributed by atoms with van der Waals surface area (Å²) in [6, 6.07) is 0. The lowest BCUT2D eigenvalue weighted by Gasteiger charge is -1.88. The van der Waals surface area contributed by atoms with E-state index in [9.17, 15) is 4.79 Å². The number of rotatable bonds is 2. The predicted octanol–water partition coefficient (Wildman–Crippen LogP) is 3.13. The van der Waals surface area contributed by atoms with Crippen LogP contribution in [-0.4, -0.2) is 5.78 Å². The molecule has 12 heavy (non-hydrogen) atoms. The van der Waals surface area contributed by atoms with Crippen molar-refractivity contribution < 1.29 is 4.79 Å². The second kappa shape index (κ2) is 4.41. The molecule has 0 aliphatic heterocycles. The molecule has 0 atom stereocenters. The minimum absolute atomic E-state index is 0.292. The van der Waals surface area contributed by atoms with Crippen LogP contribution in [-0.2, 0) is 4.79 Å². The highest BCUT2D eigenvalue weighted by Crippen LogP contribution is 2.20. The fourth-order valence-electron chi connectivity index (χ4n) is 1.18. The molecule has 64 valence electrons. The van der Waals surface area contributed by atoms with Crippen LogP contribution in [0.25, 0.3) is 0 Å². The van der Waals surface area contributed by atoms with Crippen LogP contribution in [0.3, 0.4) is 0 Å². The van der Waals surface area contributed by atoms with Crippen LogP contribution in [0.15, 0.2) is 34.9 Å². The zero-order valence-corrected chi connectivity index (χ0v) is 8.43. The van der Waals surface area contributed by atoms with Crippen molar-refractivity contribution >= 4 is 21.7 Å². The van der Waals surface area contributed by atoms with Gasteiger partial charge in [0.1, 0.15) is 0 Å². The monoisotopic (exact) mass is 226 g/mol. The molecule has 2 heteroatoms. The molecule has 0 saturated heterocycles. The van der Waals surface area contributed by atoms with Gasteiger partial charge in [-0.05, 0) is 24.5 Å². The number of allylic oxidation sites excluding steroid dienone is 5. The van der Waals surface area contributed by atoms with Crippen LogP contribution in [0.2, 0.25) is 0 Å². The average molecular weight is 227 g/mol. The third-order valence-electron chi connectivity index (χ3n) is 1.78. The topological polar surface area (TPSA) is 17.1 Å². The van der Waals surface area contributed by atoms with Gasteiger partial charge in [0.05, 0.1) is 0 Å². The first-order chi connectivity index (χ1) is 5.70. The number of carbonyl (C=O) groups excluding carboxylic acids is 1. The first-order valence-corrected chi connectivity index (χ1v) is 4.74. The fourth-order valence-corrected chi connectivity index (χ4v) is 1.34. The van der Waals surface area contributed by atoms with Gasteiger partial charge in [0, 0.05) is 10.9 Å². The largest absolute Gasteiger partial charge is 0.295 e. The smallest absolute Gasteiger partial charge is 0.158 e. The highest BCUT2D eigenvalue weighted by Gasteiger charge is 2.15. The van der Waals surface area contributed by atoms with Gasteiger partial charge < -0.3 is 0 Å². The van der Waals surface area contributed by atoms with Crippen molar-refractivity contribution in [1.29, 1.82) is 0 Å². The highest BCUT2D eigenvalue weighted by atomic mass is 79.9. The minimum atomic E-state index is 0.292. The molecule has 1 aliphatic rings. The lowest BCUT2D eigenvalue weighted by Crippen LogP contribution is -1.89. The van der Waals surface area contributed by atoms with E-state index in [1.807, 2.05) is 18.2 Å². The Morgan fingerprint density at radius 1 is 1.50 bits per heavy atom. The molecular weight excluding hydrogens is 216 g/mol. The highest BCUT2D eigenvalue weighted by molar-refractivity contribution is 9.11. The molecule has 0 amide bonds. The van der Waals surface area contributed by atoms with Gasteiger partial charge in [0.2, 0.25) is 0 Å². The maximum Gasteiger partial charge on any atom is 0.158 e. The van der Waals surface area contributed by atoms with Gasteiger partial charge in [0.15, 0.2) is 5.78 Å². The molecule has 1 aliphatic carbocycles. The number of hydrogen-bond donors (Lipinski definition) is 0. The van der Waals surface area contributed by atoms with E-state index in [0.717, 1.165) is 29.3 Å². The van der Waals surface area contributed by atoms with Crippen LogP contribution in [0.5, 0.6) is 0 Å². The molecule has 0 radical (unpaired) electrons. The normalized spacial score (nSPS) is 21.1. The number of hydrogen-bond acceptors (Lipinski definition) is 1. The van der Waals surface area contributed by atoms with Crippen LogP contribution in [0.4, 0.5) is 0 Å². The lowest BCUT2D eigenvalue weighted by molar-refractivity contribution is -0.114. The van der Waals surface area contributed by atoms with E-state index in [4.69, 9.17) is 0 Å². The fraction of sp³-hybridized carbons (Fsp3) is 0.300. The molecule has 0 aromatic carbocycles. The van der Waals surface area contributed by atoms with Gasteiger partial charge in [0.25, 0.3) is 0 Å². The Balaban J connectivity index is 2.57. The number of ketones is 1. The Hall–Kier alpha value is -0.630. The summed E-state index contributed by atoms with van der Waals surface area (Å²) in [5.74, 6) is 0.292. The molecule has 0 N–H and O–H groups in total. The summed E-state index contributed by atoms with van der Waals surface area (Å²) in [6.45, 7) is 3.65. The standard InChI is InChI=1S/C10H11BrO/c1-8(11)4-2-5-9-6-3-7-10(9)12/h2,4-5H,1,3,6-7H2/b4-2-,9-5+. The summed E-state index contributed by atoms with van der Waals surface area (Å²) < 4.78 is 0.824. The molecule has 1 fully saturated rings. The molecule has 0 unspecified atom stereocenters. The molecule has 0 spiro atoms. The van der Waals surface area contributed by atoms with Crippen molar-refractivity contribution in [2.45, 2.75) is 19.3 Å². The second-order valence-electron chi connectivity index (χ2n) is 2.77. The first kappa shape index (κ1) is 9.46. The van der Waals surface area contributed by atoms with Gasteiger partial charge in [-0.1, -0.05) is 34.7 Å². The molecule has 1 rings (SSSR count). The van der Waals surface area contributed by atoms with E-state index in [1.54, 1.807) is 0 Å². The number of Topliss-reactive ketones (excluding diaryl/α,β-unsaturated/α-hetero) is 1. The van der Waals surface area contributed by atoms with Crippen molar-refractivity contribution in [3.8, 4) is 0 Å². The third-order valence-corrected chi connectivity index (χ3v) is 2.05. The average Bonchev–Trinajstić information content (AvgIpc) is 2.36. The van der Waals surface area contributed by atoms with Crippen LogP contribution >= 0.6 is 15.9 Å². The summed E-state index contributed by atoms with van der Waals surface area (Å²) in [5, 5.41) is 0. The van der Waals surface area contributed by atoms with E-state index in [1.165, 1.54) is 0 Å². The van der Waals surface area contributed by atoms with Gasteiger partial charge in [-0.2, -0.15) is 0 Å². The Bertz CT molecular complexity index is 261. The SMILES string of the molecule is C=C(Br)/C=C\C=C1/CCCC1=O. The van der Waals surface area contributed by atoms with Gasteiger partial charge >= 0.3 is 0 Å². The van der Waals surface area contributed by atoms with Gasteiger partial charge in [-0.25, -0.2) is 0 Å². The van der Waals surface area contributed by atoms with Crippen molar-refractivity contribution in [2.75, 3.05) is 0 Å². The molecular formula is C10H11BrO. The third kappa shape index (κ3) is 2.78. The summed E-state index contributed by atoms with van der Waals surface area (Å²) in [5.41, 5.74) is 0.944. The van der Waals surface area contributed by atoms with Gasteiger partial charge in [-0.15, -0.1) is 0 Å². The Morgan fingerprint density at radius 2 is 2.25 bits per heavy atom. The Morgan fingerprint density at radius 3 is 2.75 bits per heavy atom. The Labute approximate surface area is 81.0 Å². The zero-order valence-electron chi connectivity index (χ0n) is 6.85. The zero-order chi connectivity index (χ0) is 8.97. The molecule has 0 aromatic rings. The lowest BCUT2D eigenvalue weighted by atomic mass is 10.2. The number of halogens is 1. The van der Waals surface area contributed by atoms with E-state index >= 15 is 0 Å². The molecule has 1 nitrogen and oxygen atoms in total.